The van der Waals surface area contributed by atoms with Crippen molar-refractivity contribution in [1.82, 2.24) is 9.88 Å². The third-order valence-corrected chi connectivity index (χ3v) is 4.44. The average Bonchev–Trinajstić information content (AvgIpc) is 2.99. The molecule has 2 amide bonds. The Morgan fingerprint density at radius 1 is 1.08 bits per heavy atom. The molecule has 4 rings (SSSR count). The number of morpholine rings is 1. The van der Waals surface area contributed by atoms with E-state index in [1.165, 1.54) is 0 Å². The number of H-pyrrole nitrogens is 1. The van der Waals surface area contributed by atoms with Gasteiger partial charge in [0.2, 0.25) is 0 Å². The quantitative estimate of drug-likeness (QED) is 0.755. The predicted octanol–water partition coefficient (Wildman–Crippen LogP) is 1.89. The van der Waals surface area contributed by atoms with Crippen LogP contribution in [-0.2, 0) is 4.74 Å². The maximum Gasteiger partial charge on any atom is 0.254 e. The zero-order chi connectivity index (χ0) is 16.7. The van der Waals surface area contributed by atoms with Crippen molar-refractivity contribution in [1.29, 1.82) is 0 Å². The van der Waals surface area contributed by atoms with Crippen molar-refractivity contribution in [2.75, 3.05) is 26.3 Å². The van der Waals surface area contributed by atoms with Gasteiger partial charge in [0.1, 0.15) is 0 Å². The van der Waals surface area contributed by atoms with Gasteiger partial charge in [-0.05, 0) is 18.2 Å². The predicted molar refractivity (Wildman–Crippen MR) is 91.0 cm³/mol. The molecule has 1 fully saturated rings. The number of fused-ring (bicyclic) bond motifs is 3. The van der Waals surface area contributed by atoms with Gasteiger partial charge in [-0.1, -0.05) is 18.2 Å². The highest BCUT2D eigenvalue weighted by atomic mass is 16.5. The Kier molecular flexibility index (Phi) is 3.46. The molecule has 2 aromatic carbocycles. The SMILES string of the molecule is NC(=O)c1cccc2c1[nH]c1cc(C(=O)N3CCOCC3)ccc12. The topological polar surface area (TPSA) is 88.4 Å². The smallest absolute Gasteiger partial charge is 0.254 e. The van der Waals surface area contributed by atoms with Crippen LogP contribution in [-0.4, -0.2) is 48.0 Å². The number of aromatic amines is 1. The number of carbonyl (C=O) groups is 2. The zero-order valence-corrected chi connectivity index (χ0v) is 13.0. The first-order chi connectivity index (χ1) is 11.6. The van der Waals surface area contributed by atoms with Gasteiger partial charge >= 0.3 is 0 Å². The van der Waals surface area contributed by atoms with Crippen molar-refractivity contribution in [3.63, 3.8) is 0 Å². The molecule has 1 aromatic heterocycles. The summed E-state index contributed by atoms with van der Waals surface area (Å²) in [6.45, 7) is 2.36. The number of rotatable bonds is 2. The number of nitrogens with two attached hydrogens (primary N) is 1. The largest absolute Gasteiger partial charge is 0.378 e. The molecule has 3 aromatic rings. The van der Waals surface area contributed by atoms with E-state index in [1.807, 2.05) is 30.3 Å². The summed E-state index contributed by atoms with van der Waals surface area (Å²) in [5.74, 6) is -0.481. The lowest BCUT2D eigenvalue weighted by atomic mass is 10.1. The molecule has 0 radical (unpaired) electrons. The molecule has 3 N–H and O–H groups in total. The Morgan fingerprint density at radius 3 is 2.62 bits per heavy atom. The molecule has 2 heterocycles. The van der Waals surface area contributed by atoms with Crippen LogP contribution in [0.25, 0.3) is 21.8 Å². The van der Waals surface area contributed by atoms with E-state index in [0.717, 1.165) is 16.3 Å². The molecule has 0 unspecified atom stereocenters. The number of amides is 2. The molecule has 0 saturated carbocycles. The Hall–Kier alpha value is -2.86. The fourth-order valence-corrected chi connectivity index (χ4v) is 3.22. The second-order valence-electron chi connectivity index (χ2n) is 5.88. The van der Waals surface area contributed by atoms with Gasteiger partial charge in [0, 0.05) is 34.9 Å². The Labute approximate surface area is 138 Å². The molecule has 24 heavy (non-hydrogen) atoms. The molecule has 6 nitrogen and oxygen atoms in total. The monoisotopic (exact) mass is 323 g/mol. The van der Waals surface area contributed by atoms with Gasteiger partial charge in [0.05, 0.1) is 24.3 Å². The van der Waals surface area contributed by atoms with Crippen molar-refractivity contribution < 1.29 is 14.3 Å². The summed E-state index contributed by atoms with van der Waals surface area (Å²) in [5.41, 5.74) is 8.04. The van der Waals surface area contributed by atoms with Gasteiger partial charge in [-0.15, -0.1) is 0 Å². The average molecular weight is 323 g/mol. The number of nitrogens with one attached hydrogen (secondary N) is 1. The zero-order valence-electron chi connectivity index (χ0n) is 13.0. The standard InChI is InChI=1S/C18H17N3O3/c19-17(22)14-3-1-2-13-12-5-4-11(10-15(12)20-16(13)14)18(23)21-6-8-24-9-7-21/h1-5,10,20H,6-9H2,(H2,19,22). The van der Waals surface area contributed by atoms with Crippen molar-refractivity contribution in [3.8, 4) is 0 Å². The summed E-state index contributed by atoms with van der Waals surface area (Å²) in [4.78, 5) is 29.2. The third-order valence-electron chi connectivity index (χ3n) is 4.44. The number of hydrogen-bond donors (Lipinski definition) is 2. The first kappa shape index (κ1) is 14.7. The second-order valence-corrected chi connectivity index (χ2v) is 5.88. The third kappa shape index (κ3) is 2.32. The minimum atomic E-state index is -0.475. The highest BCUT2D eigenvalue weighted by Crippen LogP contribution is 2.28. The highest BCUT2D eigenvalue weighted by Gasteiger charge is 2.19. The van der Waals surface area contributed by atoms with Crippen LogP contribution < -0.4 is 5.73 Å². The van der Waals surface area contributed by atoms with Gasteiger partial charge < -0.3 is 20.4 Å². The van der Waals surface area contributed by atoms with Crippen LogP contribution in [0.1, 0.15) is 20.7 Å². The Balaban J connectivity index is 1.80. The van der Waals surface area contributed by atoms with E-state index < -0.39 is 5.91 Å². The first-order valence-electron chi connectivity index (χ1n) is 7.86. The maximum absolute atomic E-state index is 12.6. The summed E-state index contributed by atoms with van der Waals surface area (Å²) >= 11 is 0. The summed E-state index contributed by atoms with van der Waals surface area (Å²) < 4.78 is 5.29. The lowest BCUT2D eigenvalue weighted by Gasteiger charge is -2.26. The number of primary amides is 1. The van der Waals surface area contributed by atoms with Gasteiger partial charge in [-0.25, -0.2) is 0 Å². The summed E-state index contributed by atoms with van der Waals surface area (Å²) in [5, 5.41) is 1.89. The number of hydrogen-bond acceptors (Lipinski definition) is 3. The van der Waals surface area contributed by atoms with Crippen LogP contribution >= 0.6 is 0 Å². The first-order valence-corrected chi connectivity index (χ1v) is 7.86. The second kappa shape index (κ2) is 5.65. The van der Waals surface area contributed by atoms with Crippen LogP contribution in [0.15, 0.2) is 36.4 Å². The molecule has 0 spiro atoms. The molecule has 6 heteroatoms. The van der Waals surface area contributed by atoms with E-state index in [1.54, 1.807) is 11.0 Å². The Morgan fingerprint density at radius 2 is 1.88 bits per heavy atom. The normalized spacial score (nSPS) is 15.1. The molecule has 0 atom stereocenters. The van der Waals surface area contributed by atoms with Crippen molar-refractivity contribution in [2.45, 2.75) is 0 Å². The molecule has 1 aliphatic heterocycles. The number of benzene rings is 2. The maximum atomic E-state index is 12.6. The number of nitrogens with zero attached hydrogens (tertiary/aromatic N) is 1. The van der Waals surface area contributed by atoms with Gasteiger partial charge in [-0.2, -0.15) is 0 Å². The molecule has 122 valence electrons. The van der Waals surface area contributed by atoms with Crippen molar-refractivity contribution in [2.24, 2.45) is 5.73 Å². The van der Waals surface area contributed by atoms with Gasteiger partial charge in [0.25, 0.3) is 11.8 Å². The van der Waals surface area contributed by atoms with E-state index in [4.69, 9.17) is 10.5 Å². The van der Waals surface area contributed by atoms with Crippen LogP contribution in [0.3, 0.4) is 0 Å². The summed E-state index contributed by atoms with van der Waals surface area (Å²) in [6, 6.07) is 11.0. The molecule has 0 aliphatic carbocycles. The number of aromatic nitrogens is 1. The van der Waals surface area contributed by atoms with Crippen LogP contribution in [0, 0.1) is 0 Å². The fourth-order valence-electron chi connectivity index (χ4n) is 3.22. The summed E-state index contributed by atoms with van der Waals surface area (Å²) in [7, 11) is 0. The molecule has 1 saturated heterocycles. The van der Waals surface area contributed by atoms with Gasteiger partial charge in [-0.3, -0.25) is 9.59 Å². The number of para-hydroxylation sites is 1. The molecule has 1 aliphatic rings. The number of ether oxygens (including phenoxy) is 1. The van der Waals surface area contributed by atoms with E-state index in [-0.39, 0.29) is 5.91 Å². The number of carbonyl (C=O) groups excluding carboxylic acids is 2. The summed E-state index contributed by atoms with van der Waals surface area (Å²) in [6.07, 6.45) is 0. The lowest BCUT2D eigenvalue weighted by Crippen LogP contribution is -2.40. The van der Waals surface area contributed by atoms with E-state index in [2.05, 4.69) is 4.98 Å². The van der Waals surface area contributed by atoms with E-state index in [9.17, 15) is 9.59 Å². The van der Waals surface area contributed by atoms with Crippen molar-refractivity contribution in [3.05, 3.63) is 47.5 Å². The minimum absolute atomic E-state index is 0.00557. The van der Waals surface area contributed by atoms with Crippen LogP contribution in [0.4, 0.5) is 0 Å². The van der Waals surface area contributed by atoms with E-state index in [0.29, 0.717) is 42.9 Å². The molecular formula is C18H17N3O3. The van der Waals surface area contributed by atoms with Crippen molar-refractivity contribution >= 4 is 33.6 Å². The minimum Gasteiger partial charge on any atom is -0.378 e. The van der Waals surface area contributed by atoms with Gasteiger partial charge in [0.15, 0.2) is 0 Å². The Bertz CT molecular complexity index is 955. The fraction of sp³-hybridized carbons (Fsp3) is 0.222. The molecular weight excluding hydrogens is 306 g/mol. The molecule has 0 bridgehead atoms. The van der Waals surface area contributed by atoms with Crippen LogP contribution in [0.5, 0.6) is 0 Å². The van der Waals surface area contributed by atoms with E-state index >= 15 is 0 Å². The lowest BCUT2D eigenvalue weighted by molar-refractivity contribution is 0.0303. The van der Waals surface area contributed by atoms with Crippen LogP contribution in [0.2, 0.25) is 0 Å². The highest BCUT2D eigenvalue weighted by molar-refractivity contribution is 6.15.